The lowest BCUT2D eigenvalue weighted by Gasteiger charge is -2.35. The van der Waals surface area contributed by atoms with Crippen molar-refractivity contribution in [3.05, 3.63) is 0 Å². The Morgan fingerprint density at radius 3 is 1.62 bits per heavy atom. The summed E-state index contributed by atoms with van der Waals surface area (Å²) < 4.78 is 0. The lowest BCUT2D eigenvalue weighted by Crippen LogP contribution is -2.44. The monoisotopic (exact) mass is 228 g/mol. The molecule has 1 N–H and O–H groups in total. The van der Waals surface area contributed by atoms with Gasteiger partial charge in [-0.1, -0.05) is 34.6 Å². The first-order chi connectivity index (χ1) is 7.38. The summed E-state index contributed by atoms with van der Waals surface area (Å²) in [5, 5.41) is 3.28. The first kappa shape index (κ1) is 15.9. The van der Waals surface area contributed by atoms with Crippen LogP contribution in [-0.4, -0.2) is 37.6 Å². The summed E-state index contributed by atoms with van der Waals surface area (Å²) in [6.45, 7) is 17.5. The van der Waals surface area contributed by atoms with Crippen LogP contribution in [0.25, 0.3) is 0 Å². The van der Waals surface area contributed by atoms with E-state index >= 15 is 0 Å². The van der Waals surface area contributed by atoms with Gasteiger partial charge in [0.05, 0.1) is 0 Å². The van der Waals surface area contributed by atoms with Crippen molar-refractivity contribution in [3.63, 3.8) is 0 Å². The predicted octanol–water partition coefficient (Wildman–Crippen LogP) is 2.84. The standard InChI is InChI=1S/C14H32N2/c1-11(2)9-16(10-12(3)4)14(6)13(5)8-15-7/h11-15H,8-10H2,1-7H3. The molecule has 2 nitrogen and oxygen atoms in total. The third-order valence-corrected chi connectivity index (χ3v) is 3.12. The first-order valence-corrected chi connectivity index (χ1v) is 6.77. The number of rotatable bonds is 8. The summed E-state index contributed by atoms with van der Waals surface area (Å²) in [6, 6.07) is 0.664. The summed E-state index contributed by atoms with van der Waals surface area (Å²) in [5.74, 6) is 2.22. The Kier molecular flexibility index (Phi) is 8.04. The molecule has 2 atom stereocenters. The van der Waals surface area contributed by atoms with Gasteiger partial charge in [-0.3, -0.25) is 4.90 Å². The molecular formula is C14H32N2. The van der Waals surface area contributed by atoms with E-state index in [0.717, 1.165) is 18.4 Å². The molecule has 0 spiro atoms. The van der Waals surface area contributed by atoms with Crippen LogP contribution in [0.15, 0.2) is 0 Å². The molecule has 0 aromatic heterocycles. The fraction of sp³-hybridized carbons (Fsp3) is 1.00. The van der Waals surface area contributed by atoms with Crippen molar-refractivity contribution < 1.29 is 0 Å². The van der Waals surface area contributed by atoms with Crippen LogP contribution in [0.4, 0.5) is 0 Å². The van der Waals surface area contributed by atoms with E-state index in [9.17, 15) is 0 Å². The van der Waals surface area contributed by atoms with E-state index in [2.05, 4.69) is 51.8 Å². The van der Waals surface area contributed by atoms with Gasteiger partial charge in [0.1, 0.15) is 0 Å². The third-order valence-electron chi connectivity index (χ3n) is 3.12. The summed E-state index contributed by atoms with van der Waals surface area (Å²) >= 11 is 0. The van der Waals surface area contributed by atoms with E-state index in [1.807, 2.05) is 7.05 Å². The molecule has 0 saturated carbocycles. The van der Waals surface area contributed by atoms with E-state index < -0.39 is 0 Å². The van der Waals surface area contributed by atoms with Crippen LogP contribution in [0.5, 0.6) is 0 Å². The second-order valence-electron chi connectivity index (χ2n) is 6.02. The number of nitrogens with zero attached hydrogens (tertiary/aromatic N) is 1. The minimum absolute atomic E-state index is 0.664. The fourth-order valence-electron chi connectivity index (χ4n) is 2.20. The van der Waals surface area contributed by atoms with Gasteiger partial charge in [-0.15, -0.1) is 0 Å². The van der Waals surface area contributed by atoms with Gasteiger partial charge in [0, 0.05) is 19.1 Å². The summed E-state index contributed by atoms with van der Waals surface area (Å²) in [4.78, 5) is 2.65. The Hall–Kier alpha value is -0.0800. The van der Waals surface area contributed by atoms with E-state index in [-0.39, 0.29) is 0 Å². The lowest BCUT2D eigenvalue weighted by atomic mass is 9.99. The zero-order valence-electron chi connectivity index (χ0n) is 12.4. The molecule has 0 aromatic carbocycles. The molecule has 0 amide bonds. The van der Waals surface area contributed by atoms with Gasteiger partial charge in [-0.25, -0.2) is 0 Å². The molecule has 2 unspecified atom stereocenters. The topological polar surface area (TPSA) is 15.3 Å². The normalized spacial score (nSPS) is 16.1. The average Bonchev–Trinajstić information content (AvgIpc) is 2.14. The third kappa shape index (κ3) is 6.49. The molecule has 0 rings (SSSR count). The summed E-state index contributed by atoms with van der Waals surface area (Å²) in [6.07, 6.45) is 0. The molecule has 0 aliphatic heterocycles. The molecule has 98 valence electrons. The zero-order chi connectivity index (χ0) is 12.7. The van der Waals surface area contributed by atoms with E-state index in [4.69, 9.17) is 0 Å². The van der Waals surface area contributed by atoms with Crippen molar-refractivity contribution in [2.24, 2.45) is 17.8 Å². The van der Waals surface area contributed by atoms with Gasteiger partial charge in [-0.2, -0.15) is 0 Å². The summed E-state index contributed by atoms with van der Waals surface area (Å²) in [5.41, 5.74) is 0. The van der Waals surface area contributed by atoms with Crippen molar-refractivity contribution >= 4 is 0 Å². The smallest absolute Gasteiger partial charge is 0.0105 e. The van der Waals surface area contributed by atoms with Crippen molar-refractivity contribution in [2.75, 3.05) is 26.7 Å². The predicted molar refractivity (Wildman–Crippen MR) is 73.8 cm³/mol. The van der Waals surface area contributed by atoms with Crippen molar-refractivity contribution in [3.8, 4) is 0 Å². The zero-order valence-corrected chi connectivity index (χ0v) is 12.4. The fourth-order valence-corrected chi connectivity index (χ4v) is 2.20. The molecule has 0 fully saturated rings. The minimum Gasteiger partial charge on any atom is -0.319 e. The highest BCUT2D eigenvalue weighted by molar-refractivity contribution is 4.75. The summed E-state index contributed by atoms with van der Waals surface area (Å²) in [7, 11) is 2.04. The van der Waals surface area contributed by atoms with Crippen molar-refractivity contribution in [1.29, 1.82) is 0 Å². The quantitative estimate of drug-likeness (QED) is 0.687. The highest BCUT2D eigenvalue weighted by Crippen LogP contribution is 2.14. The Balaban J connectivity index is 4.35. The highest BCUT2D eigenvalue weighted by Gasteiger charge is 2.20. The molecule has 0 aliphatic carbocycles. The maximum Gasteiger partial charge on any atom is 0.0105 e. The molecule has 16 heavy (non-hydrogen) atoms. The van der Waals surface area contributed by atoms with Crippen molar-refractivity contribution in [2.45, 2.75) is 47.6 Å². The first-order valence-electron chi connectivity index (χ1n) is 6.77. The Labute approximate surface area is 103 Å². The van der Waals surface area contributed by atoms with Crippen LogP contribution >= 0.6 is 0 Å². The molecule has 0 heterocycles. The van der Waals surface area contributed by atoms with Gasteiger partial charge in [0.2, 0.25) is 0 Å². The van der Waals surface area contributed by atoms with Crippen molar-refractivity contribution in [1.82, 2.24) is 10.2 Å². The molecular weight excluding hydrogens is 196 g/mol. The van der Waals surface area contributed by atoms with Gasteiger partial charge < -0.3 is 5.32 Å². The highest BCUT2D eigenvalue weighted by atomic mass is 15.2. The average molecular weight is 228 g/mol. The number of hydrogen-bond acceptors (Lipinski definition) is 2. The van der Waals surface area contributed by atoms with Gasteiger partial charge in [0.15, 0.2) is 0 Å². The molecule has 0 saturated heterocycles. The van der Waals surface area contributed by atoms with E-state index in [1.54, 1.807) is 0 Å². The maximum atomic E-state index is 3.28. The maximum absolute atomic E-state index is 3.28. The minimum atomic E-state index is 0.664. The molecule has 0 radical (unpaired) electrons. The van der Waals surface area contributed by atoms with Crippen LogP contribution in [0.1, 0.15) is 41.5 Å². The Morgan fingerprint density at radius 1 is 0.875 bits per heavy atom. The Bertz CT molecular complexity index is 156. The van der Waals surface area contributed by atoms with E-state index in [0.29, 0.717) is 12.0 Å². The van der Waals surface area contributed by atoms with Crippen LogP contribution in [0.3, 0.4) is 0 Å². The van der Waals surface area contributed by atoms with Crippen LogP contribution in [0, 0.1) is 17.8 Å². The number of hydrogen-bond donors (Lipinski definition) is 1. The van der Waals surface area contributed by atoms with Gasteiger partial charge in [-0.05, 0) is 38.3 Å². The Morgan fingerprint density at radius 2 is 1.31 bits per heavy atom. The lowest BCUT2D eigenvalue weighted by molar-refractivity contribution is 0.128. The van der Waals surface area contributed by atoms with Gasteiger partial charge in [0.25, 0.3) is 0 Å². The number of nitrogens with one attached hydrogen (secondary N) is 1. The van der Waals surface area contributed by atoms with Gasteiger partial charge >= 0.3 is 0 Å². The van der Waals surface area contributed by atoms with Crippen LogP contribution in [-0.2, 0) is 0 Å². The van der Waals surface area contributed by atoms with Crippen LogP contribution < -0.4 is 5.32 Å². The SMILES string of the molecule is CNCC(C)C(C)N(CC(C)C)CC(C)C. The van der Waals surface area contributed by atoms with E-state index in [1.165, 1.54) is 13.1 Å². The molecule has 0 bridgehead atoms. The molecule has 2 heteroatoms. The van der Waals surface area contributed by atoms with Crippen LogP contribution in [0.2, 0.25) is 0 Å². The largest absolute Gasteiger partial charge is 0.319 e. The second kappa shape index (κ2) is 8.08. The molecule has 0 aliphatic rings. The second-order valence-corrected chi connectivity index (χ2v) is 6.02. The molecule has 0 aromatic rings.